The van der Waals surface area contributed by atoms with E-state index in [-0.39, 0.29) is 22.4 Å². The lowest BCUT2D eigenvalue weighted by Crippen LogP contribution is -2.23. The summed E-state index contributed by atoms with van der Waals surface area (Å²) in [6.45, 7) is 2.54. The Morgan fingerprint density at radius 1 is 1.07 bits per heavy atom. The average Bonchev–Trinajstić information content (AvgIpc) is 3.20. The predicted molar refractivity (Wildman–Crippen MR) is 105 cm³/mol. The summed E-state index contributed by atoms with van der Waals surface area (Å²) in [5.74, 6) is -3.45. The van der Waals surface area contributed by atoms with Gasteiger partial charge in [-0.1, -0.05) is 12.8 Å². The van der Waals surface area contributed by atoms with Gasteiger partial charge in [-0.3, -0.25) is 14.5 Å². The molecule has 1 saturated heterocycles. The van der Waals surface area contributed by atoms with Gasteiger partial charge >= 0.3 is 0 Å². The summed E-state index contributed by atoms with van der Waals surface area (Å²) in [6.07, 6.45) is 4.68. The zero-order valence-electron chi connectivity index (χ0n) is 16.2. The SMILES string of the molecule is NC(=O)c1oc2c(F)cc(F)cc2c1NC(=O)c1ccc(CN2CCCCCC2)o1. The topological polar surface area (TPSA) is 102 Å². The minimum Gasteiger partial charge on any atom is -0.455 e. The molecule has 7 nitrogen and oxygen atoms in total. The molecule has 0 saturated carbocycles. The van der Waals surface area contributed by atoms with Crippen molar-refractivity contribution < 1.29 is 27.2 Å². The lowest BCUT2D eigenvalue weighted by Gasteiger charge is -2.17. The molecule has 2 aromatic heterocycles. The van der Waals surface area contributed by atoms with Crippen molar-refractivity contribution in [3.63, 3.8) is 0 Å². The van der Waals surface area contributed by atoms with Gasteiger partial charge in [-0.15, -0.1) is 0 Å². The maximum atomic E-state index is 14.0. The van der Waals surface area contributed by atoms with Gasteiger partial charge in [0.05, 0.1) is 11.9 Å². The summed E-state index contributed by atoms with van der Waals surface area (Å²) >= 11 is 0. The number of carbonyl (C=O) groups is 2. The standard InChI is InChI=1S/C21H21F2N3O4/c22-12-9-14-17(19(20(24)27)30-18(14)15(23)10-12)25-21(28)16-6-5-13(29-16)11-26-7-3-1-2-4-8-26/h5-6,9-10H,1-4,7-8,11H2,(H2,24,27)(H,25,28). The predicted octanol–water partition coefficient (Wildman–Crippen LogP) is 4.03. The number of nitrogens with two attached hydrogens (primary N) is 1. The number of rotatable bonds is 5. The summed E-state index contributed by atoms with van der Waals surface area (Å²) < 4.78 is 38.4. The number of fused-ring (bicyclic) bond motifs is 1. The molecule has 3 N–H and O–H groups in total. The lowest BCUT2D eigenvalue weighted by molar-refractivity contribution is 0.0976. The number of furan rings is 2. The Morgan fingerprint density at radius 3 is 2.50 bits per heavy atom. The van der Waals surface area contributed by atoms with E-state index in [0.29, 0.717) is 18.4 Å². The van der Waals surface area contributed by atoms with Gasteiger partial charge in [-0.05, 0) is 44.1 Å². The zero-order valence-corrected chi connectivity index (χ0v) is 16.2. The van der Waals surface area contributed by atoms with E-state index in [4.69, 9.17) is 14.6 Å². The van der Waals surface area contributed by atoms with Crippen molar-refractivity contribution in [2.75, 3.05) is 18.4 Å². The summed E-state index contributed by atoms with van der Waals surface area (Å²) in [6, 6.07) is 4.79. The van der Waals surface area contributed by atoms with Gasteiger partial charge in [-0.25, -0.2) is 8.78 Å². The highest BCUT2D eigenvalue weighted by Gasteiger charge is 2.25. The Balaban J connectivity index is 1.57. The van der Waals surface area contributed by atoms with Gasteiger partial charge in [0, 0.05) is 6.07 Å². The number of amides is 2. The highest BCUT2D eigenvalue weighted by Crippen LogP contribution is 2.33. The molecule has 3 aromatic rings. The number of anilines is 1. The molecule has 0 radical (unpaired) electrons. The number of nitrogens with zero attached hydrogens (tertiary/aromatic N) is 1. The van der Waals surface area contributed by atoms with Gasteiger partial charge in [0.15, 0.2) is 17.2 Å². The monoisotopic (exact) mass is 417 g/mol. The third kappa shape index (κ3) is 4.06. The summed E-state index contributed by atoms with van der Waals surface area (Å²) in [7, 11) is 0. The second kappa shape index (κ2) is 8.27. The number of benzene rings is 1. The number of hydrogen-bond acceptors (Lipinski definition) is 5. The minimum atomic E-state index is -1.03. The van der Waals surface area contributed by atoms with Crippen molar-refractivity contribution in [2.24, 2.45) is 5.73 Å². The smallest absolute Gasteiger partial charge is 0.291 e. The van der Waals surface area contributed by atoms with Gasteiger partial charge in [0.2, 0.25) is 5.76 Å². The molecule has 1 fully saturated rings. The largest absolute Gasteiger partial charge is 0.455 e. The van der Waals surface area contributed by atoms with Crippen LogP contribution in [0.1, 0.15) is 52.6 Å². The Kier molecular flexibility index (Phi) is 5.54. The Bertz CT molecular complexity index is 1100. The average molecular weight is 417 g/mol. The Morgan fingerprint density at radius 2 is 1.80 bits per heavy atom. The van der Waals surface area contributed by atoms with Crippen LogP contribution in [0, 0.1) is 11.6 Å². The molecule has 1 aromatic carbocycles. The number of primary amides is 1. The van der Waals surface area contributed by atoms with E-state index >= 15 is 0 Å². The molecular formula is C21H21F2N3O4. The number of carbonyl (C=O) groups excluding carboxylic acids is 2. The first-order chi connectivity index (χ1) is 14.4. The third-order valence-corrected chi connectivity index (χ3v) is 5.13. The first-order valence-corrected chi connectivity index (χ1v) is 9.76. The second-order valence-corrected chi connectivity index (χ2v) is 7.35. The molecule has 3 heterocycles. The summed E-state index contributed by atoms with van der Waals surface area (Å²) in [5.41, 5.74) is 4.70. The van der Waals surface area contributed by atoms with Crippen molar-refractivity contribution in [3.05, 3.63) is 53.2 Å². The molecule has 0 spiro atoms. The van der Waals surface area contributed by atoms with Crippen LogP contribution in [0.2, 0.25) is 0 Å². The van der Waals surface area contributed by atoms with E-state index < -0.39 is 29.2 Å². The van der Waals surface area contributed by atoms with E-state index in [1.54, 1.807) is 6.07 Å². The highest BCUT2D eigenvalue weighted by molar-refractivity contribution is 6.13. The fourth-order valence-electron chi connectivity index (χ4n) is 3.70. The van der Waals surface area contributed by atoms with Crippen molar-refractivity contribution in [1.82, 2.24) is 4.90 Å². The first kappa shape index (κ1) is 20.1. The number of likely N-dealkylation sites (tertiary alicyclic amines) is 1. The van der Waals surface area contributed by atoms with Crippen LogP contribution in [0.4, 0.5) is 14.5 Å². The molecular weight excluding hydrogens is 396 g/mol. The van der Waals surface area contributed by atoms with Crippen LogP contribution < -0.4 is 11.1 Å². The summed E-state index contributed by atoms with van der Waals surface area (Å²) in [5, 5.41) is 2.33. The van der Waals surface area contributed by atoms with Gasteiger partial charge in [-0.2, -0.15) is 0 Å². The Labute approximate surface area is 170 Å². The van der Waals surface area contributed by atoms with E-state index in [1.165, 1.54) is 18.9 Å². The molecule has 0 bridgehead atoms. The molecule has 4 rings (SSSR count). The molecule has 30 heavy (non-hydrogen) atoms. The molecule has 0 unspecified atom stereocenters. The van der Waals surface area contributed by atoms with E-state index in [0.717, 1.165) is 32.0 Å². The zero-order chi connectivity index (χ0) is 21.3. The molecule has 2 amide bonds. The van der Waals surface area contributed by atoms with Crippen molar-refractivity contribution >= 4 is 28.5 Å². The maximum Gasteiger partial charge on any atom is 0.291 e. The molecule has 0 atom stereocenters. The van der Waals surface area contributed by atoms with Crippen LogP contribution in [0.25, 0.3) is 11.0 Å². The lowest BCUT2D eigenvalue weighted by atomic mass is 10.2. The number of hydrogen-bond donors (Lipinski definition) is 2. The maximum absolute atomic E-state index is 14.0. The normalized spacial score (nSPS) is 15.3. The van der Waals surface area contributed by atoms with Crippen LogP contribution in [0.15, 0.2) is 33.1 Å². The van der Waals surface area contributed by atoms with Gasteiger partial charge < -0.3 is 19.9 Å². The quantitative estimate of drug-likeness (QED) is 0.653. The van der Waals surface area contributed by atoms with Gasteiger partial charge in [0.25, 0.3) is 11.8 Å². The molecule has 0 aliphatic carbocycles. The number of halogens is 2. The van der Waals surface area contributed by atoms with E-state index in [9.17, 15) is 18.4 Å². The summed E-state index contributed by atoms with van der Waals surface area (Å²) in [4.78, 5) is 26.6. The fraction of sp³-hybridized carbons (Fsp3) is 0.333. The molecule has 9 heteroatoms. The first-order valence-electron chi connectivity index (χ1n) is 9.76. The van der Waals surface area contributed by atoms with Gasteiger partial charge in [0.1, 0.15) is 17.3 Å². The minimum absolute atomic E-state index is 0.00136. The van der Waals surface area contributed by atoms with Crippen molar-refractivity contribution in [3.8, 4) is 0 Å². The van der Waals surface area contributed by atoms with Crippen LogP contribution in [-0.2, 0) is 6.54 Å². The van der Waals surface area contributed by atoms with Crippen LogP contribution in [-0.4, -0.2) is 29.8 Å². The number of nitrogens with one attached hydrogen (secondary N) is 1. The second-order valence-electron chi connectivity index (χ2n) is 7.35. The third-order valence-electron chi connectivity index (χ3n) is 5.13. The van der Waals surface area contributed by atoms with Crippen LogP contribution >= 0.6 is 0 Å². The highest BCUT2D eigenvalue weighted by atomic mass is 19.1. The van der Waals surface area contributed by atoms with E-state index in [1.807, 2.05) is 0 Å². The van der Waals surface area contributed by atoms with Crippen molar-refractivity contribution in [2.45, 2.75) is 32.2 Å². The molecule has 158 valence electrons. The molecule has 1 aliphatic rings. The van der Waals surface area contributed by atoms with E-state index in [2.05, 4.69) is 10.2 Å². The van der Waals surface area contributed by atoms with Crippen LogP contribution in [0.5, 0.6) is 0 Å². The van der Waals surface area contributed by atoms with Crippen molar-refractivity contribution in [1.29, 1.82) is 0 Å². The fourth-order valence-corrected chi connectivity index (χ4v) is 3.70. The van der Waals surface area contributed by atoms with Crippen LogP contribution in [0.3, 0.4) is 0 Å². The Hall–Kier alpha value is -3.20. The molecule has 1 aliphatic heterocycles.